The van der Waals surface area contributed by atoms with Crippen molar-refractivity contribution >= 4 is 11.6 Å². The second kappa shape index (κ2) is 9.17. The molecule has 0 bridgehead atoms. The standard InChI is InChI=1S/C21H19F2N3O4/c1-13(20(28)24-15-4-3-5-17(12-15)30-21(22)23)26-19(27)11-10-18(25-26)14-6-8-16(29-2)9-7-14/h3-13,21H,1-2H3,(H,24,28). The number of amides is 1. The third-order valence-electron chi connectivity index (χ3n) is 4.28. The highest BCUT2D eigenvalue weighted by Crippen LogP contribution is 2.22. The molecule has 1 N–H and O–H groups in total. The summed E-state index contributed by atoms with van der Waals surface area (Å²) in [6.07, 6.45) is 0. The first-order valence-corrected chi connectivity index (χ1v) is 8.97. The summed E-state index contributed by atoms with van der Waals surface area (Å²) in [5, 5.41) is 6.87. The van der Waals surface area contributed by atoms with Gasteiger partial charge in [0.25, 0.3) is 5.56 Å². The van der Waals surface area contributed by atoms with Gasteiger partial charge >= 0.3 is 6.61 Å². The van der Waals surface area contributed by atoms with Crippen LogP contribution >= 0.6 is 0 Å². The molecule has 30 heavy (non-hydrogen) atoms. The molecule has 1 amide bonds. The van der Waals surface area contributed by atoms with Crippen molar-refractivity contribution in [3.63, 3.8) is 0 Å². The Bertz CT molecular complexity index is 1080. The highest BCUT2D eigenvalue weighted by atomic mass is 19.3. The van der Waals surface area contributed by atoms with Gasteiger partial charge in [-0.25, -0.2) is 4.68 Å². The fourth-order valence-corrected chi connectivity index (χ4v) is 2.73. The molecule has 0 radical (unpaired) electrons. The summed E-state index contributed by atoms with van der Waals surface area (Å²) in [5.74, 6) is 0.0517. The maximum Gasteiger partial charge on any atom is 0.387 e. The number of hydrogen-bond donors (Lipinski definition) is 1. The highest BCUT2D eigenvalue weighted by molar-refractivity contribution is 5.93. The lowest BCUT2D eigenvalue weighted by Gasteiger charge is -2.15. The van der Waals surface area contributed by atoms with Crippen LogP contribution in [-0.2, 0) is 4.79 Å². The van der Waals surface area contributed by atoms with E-state index in [9.17, 15) is 18.4 Å². The lowest BCUT2D eigenvalue weighted by atomic mass is 10.1. The van der Waals surface area contributed by atoms with E-state index in [2.05, 4.69) is 15.2 Å². The normalized spacial score (nSPS) is 11.8. The largest absolute Gasteiger partial charge is 0.497 e. The molecule has 1 aromatic heterocycles. The van der Waals surface area contributed by atoms with E-state index in [-0.39, 0.29) is 11.4 Å². The number of hydrogen-bond acceptors (Lipinski definition) is 5. The van der Waals surface area contributed by atoms with Crippen LogP contribution in [0.15, 0.2) is 65.5 Å². The minimum Gasteiger partial charge on any atom is -0.497 e. The minimum absolute atomic E-state index is 0.0905. The number of carbonyl (C=O) groups excluding carboxylic acids is 1. The molecular formula is C21H19F2N3O4. The SMILES string of the molecule is COc1ccc(-c2ccc(=O)n(C(C)C(=O)Nc3cccc(OC(F)F)c3)n2)cc1. The van der Waals surface area contributed by atoms with Crippen molar-refractivity contribution in [2.75, 3.05) is 12.4 Å². The number of ether oxygens (including phenoxy) is 2. The van der Waals surface area contributed by atoms with E-state index in [0.29, 0.717) is 11.4 Å². The van der Waals surface area contributed by atoms with Gasteiger partial charge in [0, 0.05) is 23.4 Å². The van der Waals surface area contributed by atoms with Gasteiger partial charge < -0.3 is 14.8 Å². The summed E-state index contributed by atoms with van der Waals surface area (Å²) in [6.45, 7) is -1.46. The van der Waals surface area contributed by atoms with Crippen LogP contribution in [0.5, 0.6) is 11.5 Å². The van der Waals surface area contributed by atoms with Crippen molar-refractivity contribution in [1.82, 2.24) is 9.78 Å². The zero-order valence-electron chi connectivity index (χ0n) is 16.2. The van der Waals surface area contributed by atoms with Crippen molar-refractivity contribution in [2.24, 2.45) is 0 Å². The van der Waals surface area contributed by atoms with Crippen LogP contribution in [0.25, 0.3) is 11.3 Å². The number of anilines is 1. The Morgan fingerprint density at radius 1 is 1.07 bits per heavy atom. The molecule has 0 aliphatic carbocycles. The van der Waals surface area contributed by atoms with Crippen LogP contribution in [0.1, 0.15) is 13.0 Å². The topological polar surface area (TPSA) is 82.5 Å². The van der Waals surface area contributed by atoms with Crippen LogP contribution in [-0.4, -0.2) is 29.4 Å². The van der Waals surface area contributed by atoms with Crippen LogP contribution < -0.4 is 20.3 Å². The number of carbonyl (C=O) groups is 1. The maximum atomic E-state index is 12.6. The summed E-state index contributed by atoms with van der Waals surface area (Å²) < 4.78 is 35.2. The molecule has 156 valence electrons. The van der Waals surface area contributed by atoms with Crippen molar-refractivity contribution in [3.8, 4) is 22.8 Å². The molecule has 0 spiro atoms. The quantitative estimate of drug-likeness (QED) is 0.636. The maximum absolute atomic E-state index is 12.6. The van der Waals surface area contributed by atoms with Gasteiger partial charge in [-0.15, -0.1) is 0 Å². The van der Waals surface area contributed by atoms with Crippen molar-refractivity contribution in [3.05, 3.63) is 71.0 Å². The molecule has 9 heteroatoms. The summed E-state index contributed by atoms with van der Waals surface area (Å²) in [5.41, 5.74) is 1.05. The Labute approximate surface area is 170 Å². The molecule has 3 rings (SSSR count). The van der Waals surface area contributed by atoms with Gasteiger partial charge in [-0.1, -0.05) is 6.07 Å². The number of nitrogens with zero attached hydrogens (tertiary/aromatic N) is 2. The van der Waals surface area contributed by atoms with E-state index in [0.717, 1.165) is 10.2 Å². The average molecular weight is 415 g/mol. The fraction of sp³-hybridized carbons (Fsp3) is 0.190. The molecule has 1 heterocycles. The zero-order valence-corrected chi connectivity index (χ0v) is 16.2. The predicted octanol–water partition coefficient (Wildman–Crippen LogP) is 3.72. The Morgan fingerprint density at radius 3 is 2.47 bits per heavy atom. The van der Waals surface area contributed by atoms with E-state index < -0.39 is 24.1 Å². The molecule has 2 aromatic carbocycles. The summed E-state index contributed by atoms with van der Waals surface area (Å²) >= 11 is 0. The zero-order chi connectivity index (χ0) is 21.7. The van der Waals surface area contributed by atoms with Crippen LogP contribution in [0.2, 0.25) is 0 Å². The Balaban J connectivity index is 1.81. The number of nitrogens with one attached hydrogen (secondary N) is 1. The second-order valence-corrected chi connectivity index (χ2v) is 6.30. The van der Waals surface area contributed by atoms with Crippen molar-refractivity contribution in [1.29, 1.82) is 0 Å². The van der Waals surface area contributed by atoms with Gasteiger partial charge in [0.05, 0.1) is 12.8 Å². The van der Waals surface area contributed by atoms with Gasteiger partial charge in [0.1, 0.15) is 17.5 Å². The molecule has 0 saturated carbocycles. The monoisotopic (exact) mass is 415 g/mol. The molecule has 7 nitrogen and oxygen atoms in total. The number of halogens is 2. The van der Waals surface area contributed by atoms with Gasteiger partial charge in [0.2, 0.25) is 5.91 Å². The van der Waals surface area contributed by atoms with Crippen molar-refractivity contribution in [2.45, 2.75) is 19.6 Å². The van der Waals surface area contributed by atoms with Crippen molar-refractivity contribution < 1.29 is 23.0 Å². The molecule has 1 atom stereocenters. The van der Waals surface area contributed by atoms with E-state index in [1.807, 2.05) is 0 Å². The fourth-order valence-electron chi connectivity index (χ4n) is 2.73. The van der Waals surface area contributed by atoms with Crippen LogP contribution in [0.3, 0.4) is 0 Å². The lowest BCUT2D eigenvalue weighted by molar-refractivity contribution is -0.119. The van der Waals surface area contributed by atoms with E-state index in [1.165, 1.54) is 37.3 Å². The lowest BCUT2D eigenvalue weighted by Crippen LogP contribution is -2.33. The third-order valence-corrected chi connectivity index (χ3v) is 4.28. The number of alkyl halides is 2. The molecule has 1 unspecified atom stereocenters. The first-order valence-electron chi connectivity index (χ1n) is 8.97. The van der Waals surface area contributed by atoms with Crippen LogP contribution in [0.4, 0.5) is 14.5 Å². The predicted molar refractivity (Wildman–Crippen MR) is 107 cm³/mol. The number of rotatable bonds is 7. The molecule has 0 saturated heterocycles. The second-order valence-electron chi connectivity index (χ2n) is 6.30. The molecular weight excluding hydrogens is 396 g/mol. The average Bonchev–Trinajstić information content (AvgIpc) is 2.73. The summed E-state index contributed by atoms with van der Waals surface area (Å²) in [4.78, 5) is 24.9. The molecule has 0 fully saturated rings. The molecule has 0 aliphatic heterocycles. The summed E-state index contributed by atoms with van der Waals surface area (Å²) in [7, 11) is 1.56. The van der Waals surface area contributed by atoms with Gasteiger partial charge in [-0.3, -0.25) is 9.59 Å². The van der Waals surface area contributed by atoms with Gasteiger partial charge in [-0.05, 0) is 49.4 Å². The third kappa shape index (κ3) is 4.99. The highest BCUT2D eigenvalue weighted by Gasteiger charge is 2.19. The first-order chi connectivity index (χ1) is 14.4. The van der Waals surface area contributed by atoms with E-state index in [4.69, 9.17) is 4.74 Å². The molecule has 0 aliphatic rings. The van der Waals surface area contributed by atoms with Gasteiger partial charge in [-0.2, -0.15) is 13.9 Å². The Hall–Kier alpha value is -3.75. The Kier molecular flexibility index (Phi) is 6.41. The number of aromatic nitrogens is 2. The number of benzene rings is 2. The first kappa shape index (κ1) is 21.0. The van der Waals surface area contributed by atoms with Crippen LogP contribution in [0, 0.1) is 0 Å². The minimum atomic E-state index is -2.97. The van der Waals surface area contributed by atoms with E-state index >= 15 is 0 Å². The van der Waals surface area contributed by atoms with Gasteiger partial charge in [0.15, 0.2) is 0 Å². The molecule has 3 aromatic rings. The van der Waals surface area contributed by atoms with E-state index in [1.54, 1.807) is 37.4 Å². The Morgan fingerprint density at radius 2 is 1.80 bits per heavy atom. The smallest absolute Gasteiger partial charge is 0.387 e. The number of methoxy groups -OCH3 is 1. The summed E-state index contributed by atoms with van der Waals surface area (Å²) in [6, 6.07) is 14.6.